The number of aromatic hydroxyl groups is 1. The van der Waals surface area contributed by atoms with Gasteiger partial charge in [0, 0.05) is 12.1 Å². The minimum absolute atomic E-state index is 0.178. The summed E-state index contributed by atoms with van der Waals surface area (Å²) in [7, 11) is 0. The highest BCUT2D eigenvalue weighted by molar-refractivity contribution is 5.86. The van der Waals surface area contributed by atoms with Gasteiger partial charge in [0.25, 0.3) is 0 Å². The quantitative estimate of drug-likeness (QED) is 0.672. The monoisotopic (exact) mass is 286 g/mol. The third kappa shape index (κ3) is 4.61. The Morgan fingerprint density at radius 3 is 2.76 bits per heavy atom. The Kier molecular flexibility index (Phi) is 4.87. The average Bonchev–Trinajstić information content (AvgIpc) is 2.46. The molecule has 0 aliphatic rings. The van der Waals surface area contributed by atoms with Gasteiger partial charge in [-0.15, -0.1) is 0 Å². The van der Waals surface area contributed by atoms with Gasteiger partial charge in [-0.1, -0.05) is 18.2 Å². The first kappa shape index (κ1) is 14.5. The van der Waals surface area contributed by atoms with Crippen LogP contribution in [0.1, 0.15) is 12.6 Å². The molecule has 0 amide bonds. The Hall–Kier alpha value is -2.89. The smallest absolute Gasteiger partial charge is 0.330 e. The molecule has 0 spiro atoms. The molecule has 0 aliphatic carbocycles. The van der Waals surface area contributed by atoms with Gasteiger partial charge in [-0.2, -0.15) is 9.97 Å². The molecule has 0 saturated carbocycles. The molecule has 2 rings (SSSR count). The molecule has 6 heteroatoms. The molecule has 108 valence electrons. The maximum atomic E-state index is 11.2. The molecular weight excluding hydrogens is 272 g/mol. The van der Waals surface area contributed by atoms with Crippen molar-refractivity contribution in [2.24, 2.45) is 0 Å². The number of ether oxygens (including phenoxy) is 2. The van der Waals surface area contributed by atoms with Crippen LogP contribution in [0.4, 0.5) is 0 Å². The molecule has 0 unspecified atom stereocenters. The van der Waals surface area contributed by atoms with Crippen LogP contribution in [0, 0.1) is 0 Å². The molecule has 1 N–H and O–H groups in total. The lowest BCUT2D eigenvalue weighted by Crippen LogP contribution is -1.99. The van der Waals surface area contributed by atoms with Crippen molar-refractivity contribution >= 4 is 12.0 Å². The summed E-state index contributed by atoms with van der Waals surface area (Å²) in [4.78, 5) is 18.8. The molecule has 1 aromatic heterocycles. The zero-order valence-corrected chi connectivity index (χ0v) is 11.4. The zero-order valence-electron chi connectivity index (χ0n) is 11.4. The minimum atomic E-state index is -0.485. The van der Waals surface area contributed by atoms with Gasteiger partial charge >= 0.3 is 12.0 Å². The van der Waals surface area contributed by atoms with Gasteiger partial charge in [0.1, 0.15) is 5.75 Å². The minimum Gasteiger partial charge on any atom is -0.479 e. The summed E-state index contributed by atoms with van der Waals surface area (Å²) in [6.07, 6.45) is 2.63. The molecule has 1 aromatic carbocycles. The van der Waals surface area contributed by atoms with Gasteiger partial charge in [-0.25, -0.2) is 4.79 Å². The summed E-state index contributed by atoms with van der Waals surface area (Å²) in [6, 6.07) is 10.1. The van der Waals surface area contributed by atoms with E-state index < -0.39 is 12.0 Å². The van der Waals surface area contributed by atoms with Crippen molar-refractivity contribution in [2.75, 3.05) is 6.61 Å². The summed E-state index contributed by atoms with van der Waals surface area (Å²) >= 11 is 0. The highest BCUT2D eigenvalue weighted by Gasteiger charge is 2.04. The molecule has 0 saturated heterocycles. The first-order valence-electron chi connectivity index (χ1n) is 6.33. The molecule has 0 radical (unpaired) electrons. The standard InChI is InChI=1S/C15H14N2O4/c1-2-20-14(18)9-8-11-10-13(17-15(19)16-11)21-12-6-4-3-5-7-12/h3-10H,2H2,1H3,(H,16,17,19). The van der Waals surface area contributed by atoms with Crippen LogP contribution in [0.15, 0.2) is 42.5 Å². The molecule has 0 aliphatic heterocycles. The van der Waals surface area contributed by atoms with Crippen LogP contribution in [-0.4, -0.2) is 27.7 Å². The number of benzene rings is 1. The van der Waals surface area contributed by atoms with Gasteiger partial charge in [0.2, 0.25) is 5.88 Å². The van der Waals surface area contributed by atoms with E-state index in [4.69, 9.17) is 9.47 Å². The van der Waals surface area contributed by atoms with E-state index in [-0.39, 0.29) is 5.88 Å². The molecular formula is C15H14N2O4. The summed E-state index contributed by atoms with van der Waals surface area (Å²) in [6.45, 7) is 2.01. The summed E-state index contributed by atoms with van der Waals surface area (Å²) in [5.74, 6) is 0.272. The predicted octanol–water partition coefficient (Wildman–Crippen LogP) is 2.55. The van der Waals surface area contributed by atoms with Gasteiger partial charge in [0.05, 0.1) is 12.3 Å². The molecule has 6 nitrogen and oxygen atoms in total. The molecule has 0 bridgehead atoms. The molecule has 0 atom stereocenters. The topological polar surface area (TPSA) is 81.5 Å². The van der Waals surface area contributed by atoms with Crippen LogP contribution in [0.2, 0.25) is 0 Å². The van der Waals surface area contributed by atoms with Crippen LogP contribution < -0.4 is 4.74 Å². The summed E-state index contributed by atoms with van der Waals surface area (Å²) < 4.78 is 10.2. The lowest BCUT2D eigenvalue weighted by Gasteiger charge is -2.05. The van der Waals surface area contributed by atoms with Crippen molar-refractivity contribution in [1.82, 2.24) is 9.97 Å². The van der Waals surface area contributed by atoms with E-state index in [1.165, 1.54) is 18.2 Å². The van der Waals surface area contributed by atoms with Crippen molar-refractivity contribution < 1.29 is 19.4 Å². The van der Waals surface area contributed by atoms with E-state index >= 15 is 0 Å². The largest absolute Gasteiger partial charge is 0.479 e. The van der Waals surface area contributed by atoms with Crippen LogP contribution in [-0.2, 0) is 9.53 Å². The fourth-order valence-electron chi connectivity index (χ4n) is 1.52. The van der Waals surface area contributed by atoms with Crippen LogP contribution >= 0.6 is 0 Å². The highest BCUT2D eigenvalue weighted by Crippen LogP contribution is 2.21. The van der Waals surface area contributed by atoms with Crippen molar-refractivity contribution in [2.45, 2.75) is 6.92 Å². The number of carbonyl (C=O) groups is 1. The van der Waals surface area contributed by atoms with Gasteiger partial charge in [-0.3, -0.25) is 0 Å². The van der Waals surface area contributed by atoms with Crippen molar-refractivity contribution in [3.63, 3.8) is 0 Å². The maximum absolute atomic E-state index is 11.2. The number of para-hydroxylation sites is 1. The maximum Gasteiger partial charge on any atom is 0.330 e. The SMILES string of the molecule is CCOC(=O)C=Cc1cc(Oc2ccccc2)nc(O)n1. The Bertz CT molecular complexity index is 641. The van der Waals surface area contributed by atoms with Gasteiger partial charge < -0.3 is 14.6 Å². The van der Waals surface area contributed by atoms with Crippen LogP contribution in [0.5, 0.6) is 17.6 Å². The van der Waals surface area contributed by atoms with E-state index in [1.807, 2.05) is 18.2 Å². The molecule has 2 aromatic rings. The second kappa shape index (κ2) is 7.04. The first-order valence-corrected chi connectivity index (χ1v) is 6.33. The van der Waals surface area contributed by atoms with Crippen molar-refractivity contribution in [1.29, 1.82) is 0 Å². The second-order valence-electron chi connectivity index (χ2n) is 3.93. The van der Waals surface area contributed by atoms with Crippen molar-refractivity contribution in [3.05, 3.63) is 48.2 Å². The number of carbonyl (C=O) groups excluding carboxylic acids is 1. The zero-order chi connectivity index (χ0) is 15.1. The number of hydrogen-bond acceptors (Lipinski definition) is 6. The number of hydrogen-bond donors (Lipinski definition) is 1. The Morgan fingerprint density at radius 2 is 2.05 bits per heavy atom. The number of esters is 1. The third-order valence-corrected chi connectivity index (χ3v) is 2.35. The van der Waals surface area contributed by atoms with E-state index in [0.717, 1.165) is 0 Å². The van der Waals surface area contributed by atoms with E-state index in [0.29, 0.717) is 18.1 Å². The van der Waals surface area contributed by atoms with Crippen LogP contribution in [0.25, 0.3) is 6.08 Å². The lowest BCUT2D eigenvalue weighted by atomic mass is 10.3. The Morgan fingerprint density at radius 1 is 1.29 bits per heavy atom. The average molecular weight is 286 g/mol. The highest BCUT2D eigenvalue weighted by atomic mass is 16.5. The summed E-state index contributed by atoms with van der Waals surface area (Å²) in [5.41, 5.74) is 0.335. The predicted molar refractivity (Wildman–Crippen MR) is 75.9 cm³/mol. The van der Waals surface area contributed by atoms with Gasteiger partial charge in [0.15, 0.2) is 0 Å². The second-order valence-corrected chi connectivity index (χ2v) is 3.93. The third-order valence-electron chi connectivity index (χ3n) is 2.35. The van der Waals surface area contributed by atoms with Gasteiger partial charge in [-0.05, 0) is 25.1 Å². The lowest BCUT2D eigenvalue weighted by molar-refractivity contribution is -0.137. The van der Waals surface area contributed by atoms with E-state index in [1.54, 1.807) is 19.1 Å². The van der Waals surface area contributed by atoms with Crippen LogP contribution in [0.3, 0.4) is 0 Å². The Balaban J connectivity index is 2.15. The molecule has 21 heavy (non-hydrogen) atoms. The van der Waals surface area contributed by atoms with Crippen molar-refractivity contribution in [3.8, 4) is 17.6 Å². The van der Waals surface area contributed by atoms with E-state index in [2.05, 4.69) is 9.97 Å². The first-order chi connectivity index (χ1) is 10.2. The Labute approximate surface area is 121 Å². The normalized spacial score (nSPS) is 10.5. The number of rotatable bonds is 5. The summed E-state index contributed by atoms with van der Waals surface area (Å²) in [5, 5.41) is 9.49. The number of aromatic nitrogens is 2. The van der Waals surface area contributed by atoms with E-state index in [9.17, 15) is 9.90 Å². The molecule has 0 fully saturated rings. The molecule has 1 heterocycles. The number of nitrogens with zero attached hydrogens (tertiary/aromatic N) is 2. The fraction of sp³-hybridized carbons (Fsp3) is 0.133. The fourth-order valence-corrected chi connectivity index (χ4v) is 1.52.